The molecule has 1 rings (SSSR count). The zero-order chi connectivity index (χ0) is 12.3. The van der Waals surface area contributed by atoms with Crippen molar-refractivity contribution < 1.29 is 18.3 Å². The van der Waals surface area contributed by atoms with Crippen molar-refractivity contribution in [2.24, 2.45) is 0 Å². The van der Waals surface area contributed by atoms with Crippen molar-refractivity contribution in [3.63, 3.8) is 0 Å². The second kappa shape index (κ2) is 4.91. The summed E-state index contributed by atoms with van der Waals surface area (Å²) in [6, 6.07) is 3.78. The number of carbonyl (C=O) groups is 1. The van der Waals surface area contributed by atoms with Crippen molar-refractivity contribution in [3.05, 3.63) is 33.8 Å². The molecule has 0 atom stereocenters. The molecule has 0 aliphatic carbocycles. The minimum atomic E-state index is -2.92. The lowest BCUT2D eigenvalue weighted by atomic mass is 10.1. The van der Waals surface area contributed by atoms with Crippen LogP contribution in [0.25, 0.3) is 0 Å². The fraction of sp³-hybridized carbons (Fsp3) is 0.364. The summed E-state index contributed by atoms with van der Waals surface area (Å²) in [5.74, 6) is -3.45. The lowest BCUT2D eigenvalue weighted by Crippen LogP contribution is -2.10. The third kappa shape index (κ3) is 3.01. The summed E-state index contributed by atoms with van der Waals surface area (Å²) in [4.78, 5) is 11.4. The lowest BCUT2D eigenvalue weighted by molar-refractivity contribution is 0.0173. The summed E-state index contributed by atoms with van der Waals surface area (Å²) >= 11 is 3.08. The standard InChI is InChI=1S/C11H11BrF2O2/c1-3-16-10(15)8-5-4-7(6-9(8)12)11(2,13)14/h4-6H,3H2,1-2H3. The van der Waals surface area contributed by atoms with Crippen LogP contribution in [-0.4, -0.2) is 12.6 Å². The van der Waals surface area contributed by atoms with E-state index >= 15 is 0 Å². The first kappa shape index (κ1) is 13.1. The summed E-state index contributed by atoms with van der Waals surface area (Å²) in [7, 11) is 0. The molecule has 1 aromatic carbocycles. The van der Waals surface area contributed by atoms with Crippen LogP contribution in [0.1, 0.15) is 29.8 Å². The predicted molar refractivity (Wildman–Crippen MR) is 59.7 cm³/mol. The van der Waals surface area contributed by atoms with Crippen molar-refractivity contribution in [1.82, 2.24) is 0 Å². The van der Waals surface area contributed by atoms with E-state index in [9.17, 15) is 13.6 Å². The average molecular weight is 293 g/mol. The Labute approximate surface area is 101 Å². The first-order valence-corrected chi connectivity index (χ1v) is 5.50. The molecule has 0 saturated carbocycles. The van der Waals surface area contributed by atoms with E-state index < -0.39 is 11.9 Å². The molecule has 2 nitrogen and oxygen atoms in total. The molecule has 0 fully saturated rings. The van der Waals surface area contributed by atoms with Crippen molar-refractivity contribution in [3.8, 4) is 0 Å². The Bertz CT molecular complexity index is 399. The van der Waals surface area contributed by atoms with Gasteiger partial charge in [0.25, 0.3) is 5.92 Å². The zero-order valence-corrected chi connectivity index (χ0v) is 10.5. The Morgan fingerprint density at radius 2 is 2.12 bits per heavy atom. The number of ether oxygens (including phenoxy) is 1. The van der Waals surface area contributed by atoms with Crippen molar-refractivity contribution >= 4 is 21.9 Å². The van der Waals surface area contributed by atoms with Crippen LogP contribution in [0.4, 0.5) is 8.78 Å². The maximum atomic E-state index is 13.0. The Hall–Kier alpha value is -0.970. The number of halogens is 3. The molecular formula is C11H11BrF2O2. The van der Waals surface area contributed by atoms with E-state index in [4.69, 9.17) is 4.74 Å². The van der Waals surface area contributed by atoms with Crippen molar-refractivity contribution in [2.45, 2.75) is 19.8 Å². The third-order valence-corrected chi connectivity index (χ3v) is 2.63. The molecule has 0 unspecified atom stereocenters. The molecule has 0 bridgehead atoms. The normalized spacial score (nSPS) is 11.3. The fourth-order valence-corrected chi connectivity index (χ4v) is 1.70. The van der Waals surface area contributed by atoms with E-state index in [1.807, 2.05) is 0 Å². The Morgan fingerprint density at radius 3 is 2.56 bits per heavy atom. The molecule has 0 aliphatic rings. The van der Waals surface area contributed by atoms with E-state index in [0.717, 1.165) is 6.92 Å². The molecule has 0 amide bonds. The first-order valence-electron chi connectivity index (χ1n) is 4.71. The van der Waals surface area contributed by atoms with E-state index in [-0.39, 0.29) is 17.7 Å². The van der Waals surface area contributed by atoms with E-state index in [0.29, 0.717) is 4.47 Å². The molecule has 88 valence electrons. The Morgan fingerprint density at radius 1 is 1.50 bits per heavy atom. The maximum Gasteiger partial charge on any atom is 0.339 e. The van der Waals surface area contributed by atoms with Gasteiger partial charge in [-0.3, -0.25) is 0 Å². The van der Waals surface area contributed by atoms with Crippen molar-refractivity contribution in [2.75, 3.05) is 6.61 Å². The molecule has 0 N–H and O–H groups in total. The molecule has 0 spiro atoms. The zero-order valence-electron chi connectivity index (χ0n) is 8.89. The largest absolute Gasteiger partial charge is 0.462 e. The maximum absolute atomic E-state index is 13.0. The molecule has 0 aliphatic heterocycles. The third-order valence-electron chi connectivity index (χ3n) is 1.97. The van der Waals surface area contributed by atoms with Gasteiger partial charge >= 0.3 is 5.97 Å². The summed E-state index contributed by atoms with van der Waals surface area (Å²) in [5.41, 5.74) is 0.0993. The van der Waals surface area contributed by atoms with Gasteiger partial charge in [-0.15, -0.1) is 0 Å². The highest BCUT2D eigenvalue weighted by Crippen LogP contribution is 2.30. The highest BCUT2D eigenvalue weighted by Gasteiger charge is 2.25. The average Bonchev–Trinajstić information content (AvgIpc) is 2.16. The van der Waals surface area contributed by atoms with Crippen molar-refractivity contribution in [1.29, 1.82) is 0 Å². The minimum Gasteiger partial charge on any atom is -0.462 e. The summed E-state index contributed by atoms with van der Waals surface area (Å²) in [5, 5.41) is 0. The second-order valence-electron chi connectivity index (χ2n) is 3.30. The molecule has 0 aromatic heterocycles. The first-order chi connectivity index (χ1) is 7.36. The second-order valence-corrected chi connectivity index (χ2v) is 4.16. The Kier molecular flexibility index (Phi) is 4.02. The van der Waals surface area contributed by atoms with Crippen LogP contribution in [0, 0.1) is 0 Å². The van der Waals surface area contributed by atoms with E-state index in [1.165, 1.54) is 18.2 Å². The molecule has 0 heterocycles. The highest BCUT2D eigenvalue weighted by atomic mass is 79.9. The highest BCUT2D eigenvalue weighted by molar-refractivity contribution is 9.10. The SMILES string of the molecule is CCOC(=O)c1ccc(C(C)(F)F)cc1Br. The van der Waals surface area contributed by atoms with E-state index in [1.54, 1.807) is 6.92 Å². The van der Waals surface area contributed by atoms with Gasteiger partial charge in [-0.05, 0) is 35.0 Å². The van der Waals surface area contributed by atoms with E-state index in [2.05, 4.69) is 15.9 Å². The summed E-state index contributed by atoms with van der Waals surface area (Å²) in [6.07, 6.45) is 0. The molecule has 5 heteroatoms. The molecular weight excluding hydrogens is 282 g/mol. The number of hydrogen-bond acceptors (Lipinski definition) is 2. The predicted octanol–water partition coefficient (Wildman–Crippen LogP) is 3.74. The number of alkyl halides is 2. The molecule has 0 saturated heterocycles. The topological polar surface area (TPSA) is 26.3 Å². The van der Waals surface area contributed by atoms with Gasteiger partial charge in [-0.1, -0.05) is 6.07 Å². The van der Waals surface area contributed by atoms with Crippen LogP contribution in [-0.2, 0) is 10.7 Å². The smallest absolute Gasteiger partial charge is 0.339 e. The lowest BCUT2D eigenvalue weighted by Gasteiger charge is -2.12. The molecule has 0 radical (unpaired) electrons. The van der Waals surface area contributed by atoms with Crippen LogP contribution in [0.15, 0.2) is 22.7 Å². The van der Waals surface area contributed by atoms with Gasteiger partial charge in [-0.25, -0.2) is 13.6 Å². The monoisotopic (exact) mass is 292 g/mol. The molecule has 16 heavy (non-hydrogen) atoms. The van der Waals surface area contributed by atoms with Crippen LogP contribution in [0.3, 0.4) is 0 Å². The number of esters is 1. The Balaban J connectivity index is 3.05. The van der Waals surface area contributed by atoms with Crippen LogP contribution < -0.4 is 0 Å². The minimum absolute atomic E-state index is 0.146. The number of benzene rings is 1. The van der Waals surface area contributed by atoms with Crippen LogP contribution in [0.2, 0.25) is 0 Å². The van der Waals surface area contributed by atoms with Gasteiger partial charge in [0, 0.05) is 17.0 Å². The summed E-state index contributed by atoms with van der Waals surface area (Å²) < 4.78 is 31.0. The van der Waals surface area contributed by atoms with Gasteiger partial charge < -0.3 is 4.74 Å². The number of hydrogen-bond donors (Lipinski definition) is 0. The fourth-order valence-electron chi connectivity index (χ4n) is 1.16. The van der Waals surface area contributed by atoms with Gasteiger partial charge in [0.2, 0.25) is 0 Å². The van der Waals surface area contributed by atoms with Gasteiger partial charge in [0.1, 0.15) is 0 Å². The van der Waals surface area contributed by atoms with Gasteiger partial charge in [0.05, 0.1) is 12.2 Å². The molecule has 1 aromatic rings. The van der Waals surface area contributed by atoms with Crippen LogP contribution in [0.5, 0.6) is 0 Å². The number of carbonyl (C=O) groups excluding carboxylic acids is 1. The van der Waals surface area contributed by atoms with Gasteiger partial charge in [0.15, 0.2) is 0 Å². The quantitative estimate of drug-likeness (QED) is 0.794. The van der Waals surface area contributed by atoms with Crippen LogP contribution >= 0.6 is 15.9 Å². The van der Waals surface area contributed by atoms with Gasteiger partial charge in [-0.2, -0.15) is 0 Å². The number of rotatable bonds is 3. The summed E-state index contributed by atoms with van der Waals surface area (Å²) in [6.45, 7) is 2.73.